The van der Waals surface area contributed by atoms with Gasteiger partial charge >= 0.3 is 0 Å². The lowest BCUT2D eigenvalue weighted by atomic mass is 9.73. The number of piperidine rings is 1. The Labute approximate surface area is 227 Å². The summed E-state index contributed by atoms with van der Waals surface area (Å²) in [4.78, 5) is 30.1. The van der Waals surface area contributed by atoms with Crippen molar-refractivity contribution in [2.45, 2.75) is 77.2 Å². The van der Waals surface area contributed by atoms with Crippen molar-refractivity contribution < 1.29 is 19.1 Å². The van der Waals surface area contributed by atoms with E-state index in [4.69, 9.17) is 9.47 Å². The first-order valence-electron chi connectivity index (χ1n) is 14.4. The fraction of sp³-hybridized carbons (Fsp3) is 0.562. The van der Waals surface area contributed by atoms with Crippen LogP contribution in [0.3, 0.4) is 0 Å². The quantitative estimate of drug-likeness (QED) is 0.560. The van der Waals surface area contributed by atoms with Crippen molar-refractivity contribution in [1.82, 2.24) is 9.80 Å². The second kappa shape index (κ2) is 11.8. The van der Waals surface area contributed by atoms with Gasteiger partial charge in [0.25, 0.3) is 11.8 Å². The number of hydrogen-bond acceptors (Lipinski definition) is 4. The molecule has 0 bridgehead atoms. The summed E-state index contributed by atoms with van der Waals surface area (Å²) in [6, 6.07) is 14.3. The number of ether oxygens (including phenoxy) is 2. The van der Waals surface area contributed by atoms with Crippen molar-refractivity contribution in [3.63, 3.8) is 0 Å². The SMILES string of the molecule is C[C@H]1Oc2ccccc2CCCCC2(CCN(C(=O)COc3cccc4c3CCCC4)CC2)CN(C)C1=O. The molecule has 0 radical (unpaired) electrons. The molecule has 1 spiro atoms. The van der Waals surface area contributed by atoms with Gasteiger partial charge in [-0.3, -0.25) is 9.59 Å². The highest BCUT2D eigenvalue weighted by Gasteiger charge is 2.38. The molecule has 6 heteroatoms. The number of para-hydroxylation sites is 1. The van der Waals surface area contributed by atoms with Crippen LogP contribution in [-0.4, -0.2) is 61.0 Å². The Hall–Kier alpha value is -3.02. The molecule has 1 fully saturated rings. The van der Waals surface area contributed by atoms with E-state index in [1.165, 1.54) is 29.5 Å². The fourth-order valence-corrected chi connectivity index (χ4v) is 6.60. The van der Waals surface area contributed by atoms with Crippen LogP contribution in [0.1, 0.15) is 68.6 Å². The molecule has 0 N–H and O–H groups in total. The molecule has 2 aliphatic heterocycles. The Bertz CT molecular complexity index is 1140. The third kappa shape index (κ3) is 6.00. The average molecular weight is 519 g/mol. The van der Waals surface area contributed by atoms with Gasteiger partial charge in [0.15, 0.2) is 12.7 Å². The summed E-state index contributed by atoms with van der Waals surface area (Å²) in [6.07, 6.45) is 10.0. The lowest BCUT2D eigenvalue weighted by molar-refractivity contribution is -0.141. The summed E-state index contributed by atoms with van der Waals surface area (Å²) < 4.78 is 12.2. The summed E-state index contributed by atoms with van der Waals surface area (Å²) in [5, 5.41) is 0. The topological polar surface area (TPSA) is 59.1 Å². The maximum atomic E-state index is 13.2. The molecule has 2 heterocycles. The monoisotopic (exact) mass is 518 g/mol. The van der Waals surface area contributed by atoms with Gasteiger partial charge in [-0.25, -0.2) is 0 Å². The minimum Gasteiger partial charge on any atom is -0.483 e. The summed E-state index contributed by atoms with van der Waals surface area (Å²) in [5.74, 6) is 1.77. The molecule has 1 aliphatic carbocycles. The van der Waals surface area contributed by atoms with Gasteiger partial charge < -0.3 is 19.3 Å². The van der Waals surface area contributed by atoms with Crippen molar-refractivity contribution in [2.24, 2.45) is 5.41 Å². The summed E-state index contributed by atoms with van der Waals surface area (Å²) in [7, 11) is 1.90. The highest BCUT2D eigenvalue weighted by Crippen LogP contribution is 2.38. The van der Waals surface area contributed by atoms with Gasteiger partial charge in [-0.2, -0.15) is 0 Å². The zero-order valence-electron chi connectivity index (χ0n) is 23.0. The molecule has 1 saturated heterocycles. The molecule has 204 valence electrons. The number of carbonyl (C=O) groups excluding carboxylic acids is 2. The number of rotatable bonds is 3. The lowest BCUT2D eigenvalue weighted by Gasteiger charge is -2.44. The molecule has 0 unspecified atom stereocenters. The molecule has 2 aromatic carbocycles. The third-order valence-electron chi connectivity index (χ3n) is 8.86. The van der Waals surface area contributed by atoms with E-state index in [1.54, 1.807) is 0 Å². The van der Waals surface area contributed by atoms with E-state index < -0.39 is 6.10 Å². The number of nitrogens with zero attached hydrogens (tertiary/aromatic N) is 2. The number of hydrogen-bond donors (Lipinski definition) is 0. The maximum absolute atomic E-state index is 13.2. The first kappa shape index (κ1) is 26.6. The van der Waals surface area contributed by atoms with E-state index in [9.17, 15) is 9.59 Å². The van der Waals surface area contributed by atoms with Gasteiger partial charge in [-0.1, -0.05) is 36.8 Å². The Morgan fingerprint density at radius 3 is 2.50 bits per heavy atom. The van der Waals surface area contributed by atoms with E-state index in [0.717, 1.165) is 62.9 Å². The van der Waals surface area contributed by atoms with Gasteiger partial charge in [0.05, 0.1) is 0 Å². The largest absolute Gasteiger partial charge is 0.483 e. The number of likely N-dealkylation sites (N-methyl/N-ethyl adjacent to an activating group) is 1. The van der Waals surface area contributed by atoms with E-state index in [-0.39, 0.29) is 23.8 Å². The fourth-order valence-electron chi connectivity index (χ4n) is 6.60. The first-order chi connectivity index (χ1) is 18.4. The van der Waals surface area contributed by atoms with Gasteiger partial charge in [0.1, 0.15) is 11.5 Å². The number of amides is 2. The molecule has 6 nitrogen and oxygen atoms in total. The second-order valence-electron chi connectivity index (χ2n) is 11.5. The molecule has 1 atom stereocenters. The van der Waals surface area contributed by atoms with Crippen LogP contribution in [0.15, 0.2) is 42.5 Å². The normalized spacial score (nSPS) is 21.9. The zero-order valence-corrected chi connectivity index (χ0v) is 23.0. The second-order valence-corrected chi connectivity index (χ2v) is 11.5. The summed E-state index contributed by atoms with van der Waals surface area (Å²) in [6.45, 7) is 4.07. The average Bonchev–Trinajstić information content (AvgIpc) is 2.94. The van der Waals surface area contributed by atoms with Crippen molar-refractivity contribution in [1.29, 1.82) is 0 Å². The molecule has 3 aliphatic rings. The molecule has 2 amide bonds. The Balaban J connectivity index is 1.20. The van der Waals surface area contributed by atoms with Crippen LogP contribution in [0.5, 0.6) is 11.5 Å². The van der Waals surface area contributed by atoms with Crippen molar-refractivity contribution in [3.8, 4) is 11.5 Å². The summed E-state index contributed by atoms with van der Waals surface area (Å²) in [5.41, 5.74) is 3.85. The molecule has 5 rings (SSSR count). The predicted octanol–water partition coefficient (Wildman–Crippen LogP) is 5.21. The van der Waals surface area contributed by atoms with Crippen molar-refractivity contribution in [3.05, 3.63) is 59.2 Å². The van der Waals surface area contributed by atoms with Gasteiger partial charge in [0.2, 0.25) is 0 Å². The lowest BCUT2D eigenvalue weighted by Crippen LogP contribution is -2.50. The number of aryl methyl sites for hydroxylation is 2. The van der Waals surface area contributed by atoms with E-state index in [0.29, 0.717) is 19.6 Å². The zero-order chi connectivity index (χ0) is 26.5. The highest BCUT2D eigenvalue weighted by molar-refractivity contribution is 5.81. The number of fused-ring (bicyclic) bond motifs is 2. The predicted molar refractivity (Wildman–Crippen MR) is 149 cm³/mol. The Kier molecular flexibility index (Phi) is 8.25. The van der Waals surface area contributed by atoms with E-state index >= 15 is 0 Å². The molecule has 38 heavy (non-hydrogen) atoms. The highest BCUT2D eigenvalue weighted by atomic mass is 16.5. The molecular formula is C32H42N2O4. The van der Waals surface area contributed by atoms with Crippen LogP contribution < -0.4 is 9.47 Å². The molecular weight excluding hydrogens is 476 g/mol. The maximum Gasteiger partial charge on any atom is 0.263 e. The number of likely N-dealkylation sites (tertiary alicyclic amines) is 1. The standard InChI is InChI=1S/C32H42N2O4/c1-24-31(36)33(2)23-32(17-8-7-12-26-11-4-6-15-28(26)38-24)18-20-34(21-19-32)30(35)22-37-29-16-9-13-25-10-3-5-14-27(25)29/h4,6,9,11,13,15-16,24H,3,5,7-8,10,12,14,17-23H2,1-2H3/t24-/m1/s1. The van der Waals surface area contributed by atoms with Crippen LogP contribution in [0.4, 0.5) is 0 Å². The van der Waals surface area contributed by atoms with E-state index in [2.05, 4.69) is 12.1 Å². The first-order valence-corrected chi connectivity index (χ1v) is 14.4. The van der Waals surface area contributed by atoms with Crippen molar-refractivity contribution in [2.75, 3.05) is 33.3 Å². The minimum absolute atomic E-state index is 0.0119. The van der Waals surface area contributed by atoms with Crippen LogP contribution in [0, 0.1) is 5.41 Å². The minimum atomic E-state index is -0.528. The van der Waals surface area contributed by atoms with Crippen LogP contribution in [-0.2, 0) is 28.9 Å². The smallest absolute Gasteiger partial charge is 0.263 e. The summed E-state index contributed by atoms with van der Waals surface area (Å²) >= 11 is 0. The van der Waals surface area contributed by atoms with Gasteiger partial charge in [-0.15, -0.1) is 0 Å². The van der Waals surface area contributed by atoms with Crippen LogP contribution in [0.2, 0.25) is 0 Å². The molecule has 0 saturated carbocycles. The Morgan fingerprint density at radius 2 is 1.66 bits per heavy atom. The van der Waals surface area contributed by atoms with Crippen LogP contribution >= 0.6 is 0 Å². The van der Waals surface area contributed by atoms with Crippen molar-refractivity contribution >= 4 is 11.8 Å². The number of carbonyl (C=O) groups is 2. The molecule has 0 aromatic heterocycles. The van der Waals surface area contributed by atoms with Crippen LogP contribution in [0.25, 0.3) is 0 Å². The number of benzene rings is 2. The Morgan fingerprint density at radius 1 is 0.947 bits per heavy atom. The van der Waals surface area contributed by atoms with E-state index in [1.807, 2.05) is 54.1 Å². The third-order valence-corrected chi connectivity index (χ3v) is 8.86. The van der Waals surface area contributed by atoms with Gasteiger partial charge in [-0.05, 0) is 98.9 Å². The van der Waals surface area contributed by atoms with Gasteiger partial charge in [0, 0.05) is 26.7 Å². The molecule has 2 aromatic rings.